The van der Waals surface area contributed by atoms with Crippen LogP contribution in [0.3, 0.4) is 0 Å². The van der Waals surface area contributed by atoms with E-state index in [4.69, 9.17) is 4.74 Å². The van der Waals surface area contributed by atoms with Crippen LogP contribution in [0, 0.1) is 10.1 Å². The minimum atomic E-state index is -0.411. The summed E-state index contributed by atoms with van der Waals surface area (Å²) in [7, 11) is 0. The Balaban J connectivity index is 1.43. The van der Waals surface area contributed by atoms with E-state index in [1.807, 2.05) is 30.3 Å². The first-order chi connectivity index (χ1) is 13.2. The largest absolute Gasteiger partial charge is 0.370 e. The minimum Gasteiger partial charge on any atom is -0.370 e. The molecule has 7 nitrogen and oxygen atoms in total. The number of rotatable bonds is 6. The number of aromatic nitrogens is 2. The van der Waals surface area contributed by atoms with Gasteiger partial charge in [0.1, 0.15) is 5.69 Å². The first kappa shape index (κ1) is 17.1. The zero-order chi connectivity index (χ0) is 18.6. The van der Waals surface area contributed by atoms with Gasteiger partial charge in [-0.15, -0.1) is 0 Å². The highest BCUT2D eigenvalue weighted by molar-refractivity contribution is 5.73. The van der Waals surface area contributed by atoms with Crippen molar-refractivity contribution in [1.29, 1.82) is 0 Å². The fourth-order valence-electron chi connectivity index (χ4n) is 3.01. The number of nitro benzene ring substituents is 1. The molecule has 1 fully saturated rings. The second kappa shape index (κ2) is 7.51. The highest BCUT2D eigenvalue weighted by Crippen LogP contribution is 2.31. The Kier molecular flexibility index (Phi) is 4.76. The van der Waals surface area contributed by atoms with Crippen LogP contribution in [0.15, 0.2) is 67.0 Å². The van der Waals surface area contributed by atoms with Crippen molar-refractivity contribution in [2.45, 2.75) is 12.7 Å². The predicted molar refractivity (Wildman–Crippen MR) is 101 cm³/mol. The number of non-ortho nitro benzene ring substituents is 1. The molecule has 1 aliphatic heterocycles. The number of hydrogen-bond donors (Lipinski definition) is 0. The number of nitrogens with zero attached hydrogens (tertiary/aromatic N) is 4. The van der Waals surface area contributed by atoms with Crippen molar-refractivity contribution in [2.24, 2.45) is 0 Å². The Morgan fingerprint density at radius 1 is 1.04 bits per heavy atom. The van der Waals surface area contributed by atoms with E-state index in [0.29, 0.717) is 12.3 Å². The van der Waals surface area contributed by atoms with Crippen molar-refractivity contribution >= 4 is 11.5 Å². The normalized spacial score (nSPS) is 14.0. The standard InChI is InChI=1S/C20H18N4O3/c25-24(26)17-8-6-16(7-9-17)19-20(22-11-10-21-19)23-12-18(13-23)27-14-15-4-2-1-3-5-15/h1-11,18H,12-14H2. The molecule has 27 heavy (non-hydrogen) atoms. The van der Waals surface area contributed by atoms with Gasteiger partial charge in [0.2, 0.25) is 0 Å². The van der Waals surface area contributed by atoms with Crippen LogP contribution in [-0.4, -0.2) is 34.1 Å². The number of benzene rings is 2. The number of nitro groups is 1. The van der Waals surface area contributed by atoms with E-state index < -0.39 is 4.92 Å². The Morgan fingerprint density at radius 3 is 2.44 bits per heavy atom. The molecular weight excluding hydrogens is 344 g/mol. The van der Waals surface area contributed by atoms with Crippen molar-refractivity contribution < 1.29 is 9.66 Å². The predicted octanol–water partition coefficient (Wildman–Crippen LogP) is 3.46. The van der Waals surface area contributed by atoms with Crippen molar-refractivity contribution in [3.8, 4) is 11.3 Å². The summed E-state index contributed by atoms with van der Waals surface area (Å²) in [6, 6.07) is 16.5. The van der Waals surface area contributed by atoms with Crippen LogP contribution in [0.2, 0.25) is 0 Å². The van der Waals surface area contributed by atoms with Crippen LogP contribution in [0.5, 0.6) is 0 Å². The number of ether oxygens (including phenoxy) is 1. The van der Waals surface area contributed by atoms with Crippen LogP contribution in [0.1, 0.15) is 5.56 Å². The zero-order valence-electron chi connectivity index (χ0n) is 14.6. The fourth-order valence-corrected chi connectivity index (χ4v) is 3.01. The molecule has 0 amide bonds. The summed E-state index contributed by atoms with van der Waals surface area (Å²) in [5, 5.41) is 10.8. The molecule has 0 spiro atoms. The van der Waals surface area contributed by atoms with Crippen LogP contribution < -0.4 is 4.90 Å². The molecule has 0 N–H and O–H groups in total. The minimum absolute atomic E-state index is 0.0579. The summed E-state index contributed by atoms with van der Waals surface area (Å²) in [6.07, 6.45) is 3.43. The maximum Gasteiger partial charge on any atom is 0.269 e. The van der Waals surface area contributed by atoms with Crippen LogP contribution in [-0.2, 0) is 11.3 Å². The maximum absolute atomic E-state index is 10.8. The molecule has 0 atom stereocenters. The van der Waals surface area contributed by atoms with Crippen molar-refractivity contribution in [2.75, 3.05) is 18.0 Å². The lowest BCUT2D eigenvalue weighted by atomic mass is 10.1. The average Bonchev–Trinajstić information content (AvgIpc) is 2.68. The van der Waals surface area contributed by atoms with Crippen LogP contribution >= 0.6 is 0 Å². The maximum atomic E-state index is 10.8. The third-order valence-electron chi connectivity index (χ3n) is 4.51. The van der Waals surface area contributed by atoms with Gasteiger partial charge in [-0.2, -0.15) is 0 Å². The Bertz CT molecular complexity index is 925. The quantitative estimate of drug-likeness (QED) is 0.493. The molecule has 0 bridgehead atoms. The molecule has 1 saturated heterocycles. The molecule has 0 aliphatic carbocycles. The molecule has 3 aromatic rings. The van der Waals surface area contributed by atoms with E-state index in [2.05, 4.69) is 14.9 Å². The summed E-state index contributed by atoms with van der Waals surface area (Å²) in [5.74, 6) is 0.769. The topological polar surface area (TPSA) is 81.4 Å². The van der Waals surface area contributed by atoms with E-state index in [9.17, 15) is 10.1 Å². The van der Waals surface area contributed by atoms with E-state index in [1.165, 1.54) is 12.1 Å². The molecule has 0 saturated carbocycles. The van der Waals surface area contributed by atoms with Gasteiger partial charge in [-0.3, -0.25) is 15.1 Å². The van der Waals surface area contributed by atoms with E-state index >= 15 is 0 Å². The lowest BCUT2D eigenvalue weighted by molar-refractivity contribution is -0.384. The van der Waals surface area contributed by atoms with Gasteiger partial charge in [0.15, 0.2) is 5.82 Å². The summed E-state index contributed by atoms with van der Waals surface area (Å²) < 4.78 is 5.94. The molecule has 1 aliphatic rings. The summed E-state index contributed by atoms with van der Waals surface area (Å²) in [6.45, 7) is 2.08. The highest BCUT2D eigenvalue weighted by Gasteiger charge is 2.30. The summed E-state index contributed by atoms with van der Waals surface area (Å²) in [5.41, 5.74) is 2.73. The van der Waals surface area contributed by atoms with Crippen LogP contribution in [0.25, 0.3) is 11.3 Å². The molecule has 4 rings (SSSR count). The van der Waals surface area contributed by atoms with E-state index in [1.54, 1.807) is 24.5 Å². The lowest BCUT2D eigenvalue weighted by Gasteiger charge is -2.40. The molecule has 136 valence electrons. The Morgan fingerprint density at radius 2 is 1.74 bits per heavy atom. The second-order valence-electron chi connectivity index (χ2n) is 6.36. The van der Waals surface area contributed by atoms with Gasteiger partial charge in [-0.25, -0.2) is 4.98 Å². The van der Waals surface area contributed by atoms with Crippen molar-refractivity contribution in [3.63, 3.8) is 0 Å². The van der Waals surface area contributed by atoms with Crippen LogP contribution in [0.4, 0.5) is 11.5 Å². The van der Waals surface area contributed by atoms with Gasteiger partial charge in [0.25, 0.3) is 5.69 Å². The lowest BCUT2D eigenvalue weighted by Crippen LogP contribution is -2.52. The van der Waals surface area contributed by atoms with Gasteiger partial charge >= 0.3 is 0 Å². The molecule has 0 radical (unpaired) electrons. The number of anilines is 1. The highest BCUT2D eigenvalue weighted by atomic mass is 16.6. The fraction of sp³-hybridized carbons (Fsp3) is 0.200. The average molecular weight is 362 g/mol. The van der Waals surface area contributed by atoms with Gasteiger partial charge in [-0.1, -0.05) is 30.3 Å². The summed E-state index contributed by atoms with van der Waals surface area (Å²) in [4.78, 5) is 21.4. The van der Waals surface area contributed by atoms with E-state index in [0.717, 1.165) is 30.0 Å². The molecule has 2 heterocycles. The van der Waals surface area contributed by atoms with E-state index in [-0.39, 0.29) is 11.8 Å². The monoisotopic (exact) mass is 362 g/mol. The SMILES string of the molecule is O=[N+]([O-])c1ccc(-c2nccnc2N2CC(OCc3ccccc3)C2)cc1. The van der Waals surface area contributed by atoms with Gasteiger partial charge in [0, 0.05) is 43.2 Å². The third-order valence-corrected chi connectivity index (χ3v) is 4.51. The van der Waals surface area contributed by atoms with Crippen molar-refractivity contribution in [3.05, 3.63) is 82.7 Å². The molecule has 7 heteroatoms. The first-order valence-electron chi connectivity index (χ1n) is 8.67. The van der Waals surface area contributed by atoms with Gasteiger partial charge in [-0.05, 0) is 17.7 Å². The molecule has 0 unspecified atom stereocenters. The zero-order valence-corrected chi connectivity index (χ0v) is 14.6. The summed E-state index contributed by atoms with van der Waals surface area (Å²) >= 11 is 0. The number of hydrogen-bond acceptors (Lipinski definition) is 6. The third kappa shape index (κ3) is 3.78. The smallest absolute Gasteiger partial charge is 0.269 e. The van der Waals surface area contributed by atoms with Gasteiger partial charge < -0.3 is 9.64 Å². The van der Waals surface area contributed by atoms with Gasteiger partial charge in [0.05, 0.1) is 17.6 Å². The first-order valence-corrected chi connectivity index (χ1v) is 8.67. The molecule has 2 aromatic carbocycles. The Hall–Kier alpha value is -3.32. The second-order valence-corrected chi connectivity index (χ2v) is 6.36. The van der Waals surface area contributed by atoms with Crippen molar-refractivity contribution in [1.82, 2.24) is 9.97 Å². The Labute approximate surface area is 156 Å². The molecule has 1 aromatic heterocycles. The molecular formula is C20H18N4O3.